The minimum Gasteiger partial charge on any atom is -0.444 e. The zero-order valence-electron chi connectivity index (χ0n) is 9.93. The van der Waals surface area contributed by atoms with E-state index in [1.54, 1.807) is 0 Å². The van der Waals surface area contributed by atoms with Crippen molar-refractivity contribution in [2.45, 2.75) is 57.6 Å². The van der Waals surface area contributed by atoms with E-state index in [0.717, 1.165) is 25.7 Å². The van der Waals surface area contributed by atoms with Crippen molar-refractivity contribution in [2.75, 3.05) is 6.54 Å². The summed E-state index contributed by atoms with van der Waals surface area (Å²) in [5, 5.41) is 2.74. The molecule has 1 aliphatic carbocycles. The van der Waals surface area contributed by atoms with Gasteiger partial charge in [0.25, 0.3) is 0 Å². The molecule has 0 spiro atoms. The van der Waals surface area contributed by atoms with Crippen molar-refractivity contribution in [3.05, 3.63) is 0 Å². The molecule has 15 heavy (non-hydrogen) atoms. The van der Waals surface area contributed by atoms with E-state index in [4.69, 9.17) is 10.5 Å². The van der Waals surface area contributed by atoms with Gasteiger partial charge in [-0.1, -0.05) is 12.8 Å². The summed E-state index contributed by atoms with van der Waals surface area (Å²) in [5.41, 5.74) is 5.45. The van der Waals surface area contributed by atoms with Crippen molar-refractivity contribution in [1.82, 2.24) is 5.32 Å². The van der Waals surface area contributed by atoms with Gasteiger partial charge in [-0.2, -0.15) is 0 Å². The van der Waals surface area contributed by atoms with Crippen molar-refractivity contribution in [2.24, 2.45) is 5.73 Å². The highest BCUT2D eigenvalue weighted by atomic mass is 16.6. The second kappa shape index (κ2) is 4.39. The molecule has 1 amide bonds. The Morgan fingerprint density at radius 2 is 1.93 bits per heavy atom. The number of amides is 1. The summed E-state index contributed by atoms with van der Waals surface area (Å²) < 4.78 is 5.14. The minimum atomic E-state index is -0.443. The monoisotopic (exact) mass is 214 g/mol. The molecule has 1 rings (SSSR count). The van der Waals surface area contributed by atoms with Gasteiger partial charge in [0, 0.05) is 12.1 Å². The Morgan fingerprint density at radius 1 is 1.40 bits per heavy atom. The number of hydrogen-bond donors (Lipinski definition) is 2. The van der Waals surface area contributed by atoms with Crippen LogP contribution in [0.3, 0.4) is 0 Å². The number of ether oxygens (including phenoxy) is 1. The fraction of sp³-hybridized carbons (Fsp3) is 0.909. The first-order valence-electron chi connectivity index (χ1n) is 5.57. The SMILES string of the molecule is CC(C)(C)OC(=O)NCC1(N)CCCC1. The van der Waals surface area contributed by atoms with Gasteiger partial charge in [0.2, 0.25) is 0 Å². The number of rotatable bonds is 2. The lowest BCUT2D eigenvalue weighted by Crippen LogP contribution is -2.48. The molecule has 0 atom stereocenters. The summed E-state index contributed by atoms with van der Waals surface area (Å²) in [6.07, 6.45) is 3.92. The van der Waals surface area contributed by atoms with E-state index in [-0.39, 0.29) is 11.6 Å². The molecule has 88 valence electrons. The Balaban J connectivity index is 2.28. The molecule has 3 N–H and O–H groups in total. The summed E-state index contributed by atoms with van der Waals surface area (Å²) in [5.74, 6) is 0. The summed E-state index contributed by atoms with van der Waals surface area (Å²) >= 11 is 0. The number of hydrogen-bond acceptors (Lipinski definition) is 3. The van der Waals surface area contributed by atoms with Crippen molar-refractivity contribution in [3.63, 3.8) is 0 Å². The van der Waals surface area contributed by atoms with Gasteiger partial charge in [0.05, 0.1) is 0 Å². The lowest BCUT2D eigenvalue weighted by atomic mass is 10.00. The van der Waals surface area contributed by atoms with Crippen LogP contribution in [-0.4, -0.2) is 23.8 Å². The van der Waals surface area contributed by atoms with Gasteiger partial charge in [-0.15, -0.1) is 0 Å². The topological polar surface area (TPSA) is 64.3 Å². The summed E-state index contributed by atoms with van der Waals surface area (Å²) in [4.78, 5) is 11.4. The highest BCUT2D eigenvalue weighted by molar-refractivity contribution is 5.67. The molecule has 0 saturated heterocycles. The van der Waals surface area contributed by atoms with Crippen LogP contribution in [0.25, 0.3) is 0 Å². The molecule has 1 saturated carbocycles. The zero-order chi connectivity index (χ0) is 11.5. The first-order valence-corrected chi connectivity index (χ1v) is 5.57. The van der Waals surface area contributed by atoms with Crippen molar-refractivity contribution >= 4 is 6.09 Å². The summed E-state index contributed by atoms with van der Waals surface area (Å²) in [6.45, 7) is 6.06. The van der Waals surface area contributed by atoms with E-state index in [0.29, 0.717) is 6.54 Å². The molecule has 0 aromatic heterocycles. The average molecular weight is 214 g/mol. The van der Waals surface area contributed by atoms with E-state index < -0.39 is 5.60 Å². The Hall–Kier alpha value is -0.770. The molecule has 1 aliphatic rings. The van der Waals surface area contributed by atoms with Gasteiger partial charge in [0.15, 0.2) is 0 Å². The number of nitrogens with one attached hydrogen (secondary N) is 1. The molecule has 0 aromatic rings. The van der Waals surface area contributed by atoms with Crippen molar-refractivity contribution < 1.29 is 9.53 Å². The summed E-state index contributed by atoms with van der Waals surface area (Å²) in [7, 11) is 0. The van der Waals surface area contributed by atoms with Crippen molar-refractivity contribution in [1.29, 1.82) is 0 Å². The molecular weight excluding hydrogens is 192 g/mol. The molecule has 4 nitrogen and oxygen atoms in total. The number of carbonyl (C=O) groups is 1. The molecule has 0 aromatic carbocycles. The Kier molecular flexibility index (Phi) is 3.60. The van der Waals surface area contributed by atoms with Gasteiger partial charge >= 0.3 is 6.09 Å². The van der Waals surface area contributed by atoms with E-state index in [2.05, 4.69) is 5.32 Å². The van der Waals surface area contributed by atoms with Gasteiger partial charge in [-0.25, -0.2) is 4.79 Å². The lowest BCUT2D eigenvalue weighted by molar-refractivity contribution is 0.0515. The van der Waals surface area contributed by atoms with Crippen LogP contribution >= 0.6 is 0 Å². The number of alkyl carbamates (subject to hydrolysis) is 1. The van der Waals surface area contributed by atoms with Gasteiger partial charge < -0.3 is 15.8 Å². The van der Waals surface area contributed by atoms with Gasteiger partial charge in [-0.05, 0) is 33.6 Å². The maximum absolute atomic E-state index is 11.4. The van der Waals surface area contributed by atoms with E-state index >= 15 is 0 Å². The van der Waals surface area contributed by atoms with Gasteiger partial charge in [0.1, 0.15) is 5.60 Å². The second-order valence-electron chi connectivity index (χ2n) is 5.42. The van der Waals surface area contributed by atoms with Crippen LogP contribution in [0.2, 0.25) is 0 Å². The van der Waals surface area contributed by atoms with Crippen LogP contribution in [-0.2, 0) is 4.74 Å². The fourth-order valence-electron chi connectivity index (χ4n) is 1.82. The van der Waals surface area contributed by atoms with Crippen LogP contribution in [0.4, 0.5) is 4.79 Å². The van der Waals surface area contributed by atoms with E-state index in [1.807, 2.05) is 20.8 Å². The third kappa shape index (κ3) is 4.51. The molecule has 0 bridgehead atoms. The standard InChI is InChI=1S/C11H22N2O2/c1-10(2,3)15-9(14)13-8-11(12)6-4-5-7-11/h4-8,12H2,1-3H3,(H,13,14). The fourth-order valence-corrected chi connectivity index (χ4v) is 1.82. The third-order valence-electron chi connectivity index (χ3n) is 2.58. The molecule has 1 fully saturated rings. The lowest BCUT2D eigenvalue weighted by Gasteiger charge is -2.25. The van der Waals surface area contributed by atoms with Crippen LogP contribution < -0.4 is 11.1 Å². The Bertz CT molecular complexity index is 227. The Morgan fingerprint density at radius 3 is 2.40 bits per heavy atom. The smallest absolute Gasteiger partial charge is 0.407 e. The van der Waals surface area contributed by atoms with Crippen LogP contribution in [0.5, 0.6) is 0 Å². The zero-order valence-corrected chi connectivity index (χ0v) is 9.93. The third-order valence-corrected chi connectivity index (χ3v) is 2.58. The molecule has 0 radical (unpaired) electrons. The average Bonchev–Trinajstić information content (AvgIpc) is 2.47. The Labute approximate surface area is 91.5 Å². The highest BCUT2D eigenvalue weighted by Crippen LogP contribution is 2.26. The maximum Gasteiger partial charge on any atom is 0.407 e. The van der Waals surface area contributed by atoms with Crippen LogP contribution in [0.1, 0.15) is 46.5 Å². The van der Waals surface area contributed by atoms with Crippen molar-refractivity contribution in [3.8, 4) is 0 Å². The predicted octanol–water partition coefficient (Wildman–Crippen LogP) is 1.78. The first-order chi connectivity index (χ1) is 6.81. The van der Waals surface area contributed by atoms with E-state index in [1.165, 1.54) is 0 Å². The number of nitrogens with two attached hydrogens (primary N) is 1. The van der Waals surface area contributed by atoms with Crippen LogP contribution in [0.15, 0.2) is 0 Å². The van der Waals surface area contributed by atoms with Gasteiger partial charge in [-0.3, -0.25) is 0 Å². The van der Waals surface area contributed by atoms with Crippen LogP contribution in [0, 0.1) is 0 Å². The maximum atomic E-state index is 11.4. The summed E-state index contributed by atoms with van der Waals surface area (Å²) in [6, 6.07) is 0. The predicted molar refractivity (Wildman–Crippen MR) is 59.6 cm³/mol. The number of carbonyl (C=O) groups excluding carboxylic acids is 1. The van der Waals surface area contributed by atoms with E-state index in [9.17, 15) is 4.79 Å². The normalized spacial score (nSPS) is 20.0. The molecular formula is C11H22N2O2. The molecule has 0 heterocycles. The molecule has 0 aliphatic heterocycles. The highest BCUT2D eigenvalue weighted by Gasteiger charge is 2.30. The minimum absolute atomic E-state index is 0.211. The largest absolute Gasteiger partial charge is 0.444 e. The molecule has 4 heteroatoms. The quantitative estimate of drug-likeness (QED) is 0.736. The second-order valence-corrected chi connectivity index (χ2v) is 5.42. The molecule has 0 unspecified atom stereocenters. The first kappa shape index (κ1) is 12.3.